The Hall–Kier alpha value is -2.10. The number of aliphatic carboxylic acids is 1. The van der Waals surface area contributed by atoms with Gasteiger partial charge in [0.1, 0.15) is 0 Å². The van der Waals surface area contributed by atoms with Crippen LogP contribution in [0.15, 0.2) is 36.4 Å². The van der Waals surface area contributed by atoms with E-state index in [1.807, 2.05) is 43.3 Å². The van der Waals surface area contributed by atoms with E-state index in [1.54, 1.807) is 0 Å². The van der Waals surface area contributed by atoms with Gasteiger partial charge in [-0.2, -0.15) is 0 Å². The lowest BCUT2D eigenvalue weighted by molar-refractivity contribution is -0.147. The van der Waals surface area contributed by atoms with Gasteiger partial charge < -0.3 is 10.4 Å². The first-order chi connectivity index (χ1) is 10.1. The van der Waals surface area contributed by atoms with Crippen molar-refractivity contribution in [2.75, 3.05) is 0 Å². The SMILES string of the molecule is Cc1ccc(CNC(=O)[C@H]2[C@@H](C(=O)O)[C@@H]3C=C[C@H]2C3)cc1. The molecule has 0 saturated heterocycles. The Morgan fingerprint density at radius 3 is 2.38 bits per heavy atom. The smallest absolute Gasteiger partial charge is 0.307 e. The van der Waals surface area contributed by atoms with Gasteiger partial charge in [0.05, 0.1) is 11.8 Å². The number of rotatable bonds is 4. The molecule has 2 bridgehead atoms. The van der Waals surface area contributed by atoms with Gasteiger partial charge in [-0.25, -0.2) is 0 Å². The molecule has 0 spiro atoms. The summed E-state index contributed by atoms with van der Waals surface area (Å²) in [6, 6.07) is 7.96. The second-order valence-electron chi connectivity index (χ2n) is 6.04. The second-order valence-corrected chi connectivity index (χ2v) is 6.04. The van der Waals surface area contributed by atoms with Crippen LogP contribution in [0.4, 0.5) is 0 Å². The molecule has 21 heavy (non-hydrogen) atoms. The summed E-state index contributed by atoms with van der Waals surface area (Å²) in [6.07, 6.45) is 4.74. The predicted octanol–water partition coefficient (Wildman–Crippen LogP) is 2.13. The number of carboxylic acids is 1. The van der Waals surface area contributed by atoms with Crippen LogP contribution in [0.3, 0.4) is 0 Å². The van der Waals surface area contributed by atoms with E-state index in [4.69, 9.17) is 0 Å². The Morgan fingerprint density at radius 1 is 1.14 bits per heavy atom. The first-order valence-corrected chi connectivity index (χ1v) is 7.30. The van der Waals surface area contributed by atoms with E-state index in [2.05, 4.69) is 5.32 Å². The molecule has 2 aliphatic carbocycles. The normalized spacial score (nSPS) is 29.6. The molecule has 4 nitrogen and oxygen atoms in total. The number of fused-ring (bicyclic) bond motifs is 2. The number of carboxylic acid groups (broad SMARTS) is 1. The molecule has 1 fully saturated rings. The van der Waals surface area contributed by atoms with Crippen molar-refractivity contribution in [3.63, 3.8) is 0 Å². The predicted molar refractivity (Wildman–Crippen MR) is 78.4 cm³/mol. The summed E-state index contributed by atoms with van der Waals surface area (Å²) in [5, 5.41) is 12.3. The monoisotopic (exact) mass is 285 g/mol. The van der Waals surface area contributed by atoms with Crippen LogP contribution >= 0.6 is 0 Å². The van der Waals surface area contributed by atoms with Crippen LogP contribution in [0.1, 0.15) is 17.5 Å². The molecule has 0 heterocycles. The Morgan fingerprint density at radius 2 is 1.76 bits per heavy atom. The van der Waals surface area contributed by atoms with Crippen LogP contribution < -0.4 is 5.32 Å². The summed E-state index contributed by atoms with van der Waals surface area (Å²) >= 11 is 0. The van der Waals surface area contributed by atoms with E-state index < -0.39 is 17.8 Å². The first-order valence-electron chi connectivity index (χ1n) is 7.30. The van der Waals surface area contributed by atoms with Crippen molar-refractivity contribution in [1.82, 2.24) is 5.32 Å². The minimum absolute atomic E-state index is 0.0163. The van der Waals surface area contributed by atoms with Crippen molar-refractivity contribution in [3.05, 3.63) is 47.5 Å². The number of carbonyl (C=O) groups is 2. The number of allylic oxidation sites excluding steroid dienone is 2. The van der Waals surface area contributed by atoms with Gasteiger partial charge in [0.25, 0.3) is 0 Å². The summed E-state index contributed by atoms with van der Waals surface area (Å²) in [6.45, 7) is 2.46. The molecule has 4 heteroatoms. The quantitative estimate of drug-likeness (QED) is 0.833. The molecule has 1 saturated carbocycles. The van der Waals surface area contributed by atoms with Crippen LogP contribution in [-0.4, -0.2) is 17.0 Å². The van der Waals surface area contributed by atoms with Crippen LogP contribution in [-0.2, 0) is 16.1 Å². The summed E-state index contributed by atoms with van der Waals surface area (Å²) in [5.41, 5.74) is 2.20. The Labute approximate surface area is 123 Å². The van der Waals surface area contributed by atoms with E-state index in [1.165, 1.54) is 5.56 Å². The van der Waals surface area contributed by atoms with Gasteiger partial charge >= 0.3 is 5.97 Å². The third-order valence-corrected chi connectivity index (χ3v) is 4.63. The molecule has 110 valence electrons. The standard InChI is InChI=1S/C17H19NO3/c1-10-2-4-11(5-3-10)9-18-16(19)14-12-6-7-13(8-12)15(14)17(20)21/h2-7,12-15H,8-9H2,1H3,(H,18,19)(H,20,21)/t12-,13+,14+,15-/m0/s1. The maximum Gasteiger partial charge on any atom is 0.307 e. The fraction of sp³-hybridized carbons (Fsp3) is 0.412. The third-order valence-electron chi connectivity index (χ3n) is 4.63. The first kappa shape index (κ1) is 13.9. The van der Waals surface area contributed by atoms with Gasteiger partial charge in [-0.15, -0.1) is 0 Å². The minimum Gasteiger partial charge on any atom is -0.481 e. The van der Waals surface area contributed by atoms with Crippen molar-refractivity contribution in [3.8, 4) is 0 Å². The molecule has 1 amide bonds. The van der Waals surface area contributed by atoms with E-state index >= 15 is 0 Å². The molecule has 2 aliphatic rings. The number of aryl methyl sites for hydroxylation is 1. The van der Waals surface area contributed by atoms with Crippen molar-refractivity contribution in [1.29, 1.82) is 0 Å². The number of hydrogen-bond donors (Lipinski definition) is 2. The van der Waals surface area contributed by atoms with Crippen molar-refractivity contribution >= 4 is 11.9 Å². The molecular formula is C17H19NO3. The van der Waals surface area contributed by atoms with Gasteiger partial charge in [-0.1, -0.05) is 42.0 Å². The number of benzene rings is 1. The van der Waals surface area contributed by atoms with Crippen LogP contribution in [0.2, 0.25) is 0 Å². The van der Waals surface area contributed by atoms with Gasteiger partial charge in [0, 0.05) is 6.54 Å². The minimum atomic E-state index is -0.859. The molecule has 0 radical (unpaired) electrons. The Kier molecular flexibility index (Phi) is 3.53. The number of amides is 1. The number of nitrogens with one attached hydrogen (secondary N) is 1. The zero-order valence-corrected chi connectivity index (χ0v) is 12.0. The lowest BCUT2D eigenvalue weighted by Crippen LogP contribution is -2.39. The summed E-state index contributed by atoms with van der Waals surface area (Å²) < 4.78 is 0. The number of hydrogen-bond acceptors (Lipinski definition) is 2. The highest BCUT2D eigenvalue weighted by Crippen LogP contribution is 2.48. The number of carbonyl (C=O) groups excluding carboxylic acids is 1. The summed E-state index contributed by atoms with van der Waals surface area (Å²) in [5.74, 6) is -1.90. The zero-order chi connectivity index (χ0) is 15.0. The molecule has 4 atom stereocenters. The largest absolute Gasteiger partial charge is 0.481 e. The van der Waals surface area contributed by atoms with Crippen LogP contribution in [0, 0.1) is 30.6 Å². The maximum absolute atomic E-state index is 12.4. The molecule has 1 aromatic rings. The lowest BCUT2D eigenvalue weighted by Gasteiger charge is -2.23. The van der Waals surface area contributed by atoms with Gasteiger partial charge in [0.15, 0.2) is 0 Å². The van der Waals surface area contributed by atoms with Crippen molar-refractivity contribution in [2.45, 2.75) is 19.9 Å². The van der Waals surface area contributed by atoms with Crippen LogP contribution in [0.5, 0.6) is 0 Å². The zero-order valence-electron chi connectivity index (χ0n) is 12.0. The van der Waals surface area contributed by atoms with Gasteiger partial charge in [0.2, 0.25) is 5.91 Å². The maximum atomic E-state index is 12.4. The highest BCUT2D eigenvalue weighted by Gasteiger charge is 2.51. The third kappa shape index (κ3) is 2.58. The topological polar surface area (TPSA) is 66.4 Å². The van der Waals surface area contributed by atoms with Crippen LogP contribution in [0.25, 0.3) is 0 Å². The average Bonchev–Trinajstić information content (AvgIpc) is 3.06. The average molecular weight is 285 g/mol. The second kappa shape index (κ2) is 5.35. The fourth-order valence-corrected chi connectivity index (χ4v) is 3.53. The Balaban J connectivity index is 1.66. The molecule has 0 aromatic heterocycles. The molecule has 0 aliphatic heterocycles. The molecular weight excluding hydrogens is 266 g/mol. The van der Waals surface area contributed by atoms with Gasteiger partial charge in [-0.05, 0) is 30.7 Å². The van der Waals surface area contributed by atoms with Crippen molar-refractivity contribution < 1.29 is 14.7 Å². The molecule has 3 rings (SSSR count). The highest BCUT2D eigenvalue weighted by molar-refractivity contribution is 5.86. The molecule has 0 unspecified atom stereocenters. The Bertz CT molecular complexity index is 591. The highest BCUT2D eigenvalue weighted by atomic mass is 16.4. The lowest BCUT2D eigenvalue weighted by atomic mass is 9.82. The van der Waals surface area contributed by atoms with Gasteiger partial charge in [-0.3, -0.25) is 9.59 Å². The van der Waals surface area contributed by atoms with E-state index in [0.29, 0.717) is 6.54 Å². The van der Waals surface area contributed by atoms with E-state index in [-0.39, 0.29) is 17.7 Å². The summed E-state index contributed by atoms with van der Waals surface area (Å²) in [4.78, 5) is 23.8. The molecule has 1 aromatic carbocycles. The van der Waals surface area contributed by atoms with Crippen molar-refractivity contribution in [2.24, 2.45) is 23.7 Å². The molecule has 2 N–H and O–H groups in total. The summed E-state index contributed by atoms with van der Waals surface area (Å²) in [7, 11) is 0. The van der Waals surface area contributed by atoms with E-state index in [0.717, 1.165) is 12.0 Å². The van der Waals surface area contributed by atoms with E-state index in [9.17, 15) is 14.7 Å². The fourth-order valence-electron chi connectivity index (χ4n) is 3.53.